The first-order valence-electron chi connectivity index (χ1n) is 8.62. The highest BCUT2D eigenvalue weighted by Gasteiger charge is 2.34. The Morgan fingerprint density at radius 1 is 1.08 bits per heavy atom. The van der Waals surface area contributed by atoms with Crippen LogP contribution in [0.25, 0.3) is 0 Å². The van der Waals surface area contributed by atoms with Gasteiger partial charge in [0.05, 0.1) is 5.92 Å². The summed E-state index contributed by atoms with van der Waals surface area (Å²) >= 11 is 0. The first-order valence-corrected chi connectivity index (χ1v) is 8.62. The van der Waals surface area contributed by atoms with Crippen molar-refractivity contribution in [1.29, 1.82) is 0 Å². The molecule has 130 valence electrons. The molecule has 24 heavy (non-hydrogen) atoms. The zero-order valence-electron chi connectivity index (χ0n) is 13.8. The third kappa shape index (κ3) is 3.59. The van der Waals surface area contributed by atoms with Gasteiger partial charge < -0.3 is 15.5 Å². The Kier molecular flexibility index (Phi) is 5.14. The molecular formula is C18H24FN3O2. The molecule has 0 radical (unpaired) electrons. The van der Waals surface area contributed by atoms with Crippen molar-refractivity contribution in [3.8, 4) is 0 Å². The standard InChI is InChI=1S/C18H24FN3O2/c19-16-5-3-14(4-6-16)17(23)21-8-1-2-15(12-21)18(24)22-9-7-13(10-20)11-22/h3-6,13,15H,1-2,7-12,20H2. The molecule has 0 bridgehead atoms. The van der Waals surface area contributed by atoms with Crippen molar-refractivity contribution in [2.24, 2.45) is 17.6 Å². The van der Waals surface area contributed by atoms with Gasteiger partial charge >= 0.3 is 0 Å². The van der Waals surface area contributed by atoms with Crippen LogP contribution >= 0.6 is 0 Å². The molecule has 2 aliphatic heterocycles. The van der Waals surface area contributed by atoms with Gasteiger partial charge in [0.2, 0.25) is 5.91 Å². The zero-order chi connectivity index (χ0) is 17.1. The summed E-state index contributed by atoms with van der Waals surface area (Å²) in [5.41, 5.74) is 6.16. The summed E-state index contributed by atoms with van der Waals surface area (Å²) in [5, 5.41) is 0. The predicted octanol–water partition coefficient (Wildman–Crippen LogP) is 1.49. The van der Waals surface area contributed by atoms with Gasteiger partial charge in [-0.15, -0.1) is 0 Å². The molecule has 2 saturated heterocycles. The molecule has 1 aromatic rings. The number of rotatable bonds is 3. The molecule has 0 spiro atoms. The van der Waals surface area contributed by atoms with Crippen molar-refractivity contribution in [3.05, 3.63) is 35.6 Å². The second-order valence-electron chi connectivity index (χ2n) is 6.77. The van der Waals surface area contributed by atoms with Crippen LogP contribution in [0.5, 0.6) is 0 Å². The fraction of sp³-hybridized carbons (Fsp3) is 0.556. The Labute approximate surface area is 141 Å². The molecule has 0 saturated carbocycles. The van der Waals surface area contributed by atoms with E-state index in [1.54, 1.807) is 4.90 Å². The maximum absolute atomic E-state index is 13.0. The zero-order valence-corrected chi connectivity index (χ0v) is 13.8. The van der Waals surface area contributed by atoms with Crippen molar-refractivity contribution in [1.82, 2.24) is 9.80 Å². The van der Waals surface area contributed by atoms with Crippen LogP contribution in [0.4, 0.5) is 4.39 Å². The summed E-state index contributed by atoms with van der Waals surface area (Å²) in [5.74, 6) is -0.0905. The van der Waals surface area contributed by atoms with Crippen molar-refractivity contribution in [2.75, 3.05) is 32.7 Å². The fourth-order valence-electron chi connectivity index (χ4n) is 3.62. The van der Waals surface area contributed by atoms with E-state index in [-0.39, 0.29) is 23.5 Å². The molecule has 0 aliphatic carbocycles. The van der Waals surface area contributed by atoms with Gasteiger partial charge in [0.15, 0.2) is 0 Å². The van der Waals surface area contributed by atoms with Crippen LogP contribution in [0.1, 0.15) is 29.6 Å². The van der Waals surface area contributed by atoms with Gasteiger partial charge in [-0.1, -0.05) is 0 Å². The monoisotopic (exact) mass is 333 g/mol. The highest BCUT2D eigenvalue weighted by molar-refractivity contribution is 5.94. The molecule has 2 N–H and O–H groups in total. The molecule has 0 aromatic heterocycles. The lowest BCUT2D eigenvalue weighted by Crippen LogP contribution is -2.46. The number of hydrogen-bond donors (Lipinski definition) is 1. The van der Waals surface area contributed by atoms with E-state index in [4.69, 9.17) is 5.73 Å². The molecule has 2 aliphatic rings. The largest absolute Gasteiger partial charge is 0.342 e. The van der Waals surface area contributed by atoms with Gasteiger partial charge in [0, 0.05) is 31.7 Å². The van der Waals surface area contributed by atoms with E-state index in [0.717, 1.165) is 32.4 Å². The SMILES string of the molecule is NCC1CCN(C(=O)C2CCCN(C(=O)c3ccc(F)cc3)C2)C1. The number of carbonyl (C=O) groups excluding carboxylic acids is 2. The third-order valence-electron chi connectivity index (χ3n) is 5.08. The second-order valence-corrected chi connectivity index (χ2v) is 6.77. The number of nitrogens with two attached hydrogens (primary N) is 1. The molecule has 5 nitrogen and oxygen atoms in total. The van der Waals surface area contributed by atoms with Gasteiger partial charge in [0.1, 0.15) is 5.82 Å². The summed E-state index contributed by atoms with van der Waals surface area (Å²) < 4.78 is 13.0. The minimum Gasteiger partial charge on any atom is -0.342 e. The van der Waals surface area contributed by atoms with Crippen LogP contribution in [0, 0.1) is 17.7 Å². The van der Waals surface area contributed by atoms with Gasteiger partial charge in [-0.05, 0) is 56.0 Å². The normalized spacial score (nSPS) is 24.2. The van der Waals surface area contributed by atoms with Crippen LogP contribution in [0.15, 0.2) is 24.3 Å². The summed E-state index contributed by atoms with van der Waals surface area (Å²) in [7, 11) is 0. The number of amides is 2. The first kappa shape index (κ1) is 16.9. The number of piperidine rings is 1. The van der Waals surface area contributed by atoms with Gasteiger partial charge in [-0.25, -0.2) is 4.39 Å². The number of likely N-dealkylation sites (tertiary alicyclic amines) is 2. The third-order valence-corrected chi connectivity index (χ3v) is 5.08. The van der Waals surface area contributed by atoms with Gasteiger partial charge in [0.25, 0.3) is 5.91 Å². The lowest BCUT2D eigenvalue weighted by atomic mass is 9.96. The average Bonchev–Trinajstić information content (AvgIpc) is 3.10. The minimum atomic E-state index is -0.360. The Morgan fingerprint density at radius 3 is 2.50 bits per heavy atom. The molecule has 3 rings (SSSR count). The number of carbonyl (C=O) groups is 2. The topological polar surface area (TPSA) is 66.6 Å². The number of halogens is 1. The van der Waals surface area contributed by atoms with Gasteiger partial charge in [-0.3, -0.25) is 9.59 Å². The van der Waals surface area contributed by atoms with Crippen LogP contribution < -0.4 is 5.73 Å². The van der Waals surface area contributed by atoms with Crippen molar-refractivity contribution in [3.63, 3.8) is 0 Å². The Bertz CT molecular complexity index is 605. The van der Waals surface area contributed by atoms with Crippen molar-refractivity contribution >= 4 is 11.8 Å². The van der Waals surface area contributed by atoms with Crippen LogP contribution in [0.2, 0.25) is 0 Å². The van der Waals surface area contributed by atoms with Gasteiger partial charge in [-0.2, -0.15) is 0 Å². The molecule has 2 fully saturated rings. The highest BCUT2D eigenvalue weighted by Crippen LogP contribution is 2.24. The lowest BCUT2D eigenvalue weighted by molar-refractivity contribution is -0.136. The Hall–Kier alpha value is -1.95. The predicted molar refractivity (Wildman–Crippen MR) is 88.8 cm³/mol. The van der Waals surface area contributed by atoms with E-state index in [2.05, 4.69) is 0 Å². The lowest BCUT2D eigenvalue weighted by Gasteiger charge is -2.34. The molecular weight excluding hydrogens is 309 g/mol. The van der Waals surface area contributed by atoms with E-state index in [1.165, 1.54) is 24.3 Å². The number of benzene rings is 1. The summed E-state index contributed by atoms with van der Waals surface area (Å²) in [6.45, 7) is 3.20. The molecule has 2 atom stereocenters. The average molecular weight is 333 g/mol. The molecule has 6 heteroatoms. The number of nitrogens with zero attached hydrogens (tertiary/aromatic N) is 2. The number of hydrogen-bond acceptors (Lipinski definition) is 3. The van der Waals surface area contributed by atoms with Crippen LogP contribution in [-0.4, -0.2) is 54.3 Å². The van der Waals surface area contributed by atoms with E-state index >= 15 is 0 Å². The maximum atomic E-state index is 13.0. The second kappa shape index (κ2) is 7.30. The molecule has 2 heterocycles. The minimum absolute atomic E-state index is 0.131. The summed E-state index contributed by atoms with van der Waals surface area (Å²) in [6.07, 6.45) is 2.60. The first-order chi connectivity index (χ1) is 11.6. The molecule has 2 unspecified atom stereocenters. The Morgan fingerprint density at radius 2 is 1.83 bits per heavy atom. The van der Waals surface area contributed by atoms with E-state index in [9.17, 15) is 14.0 Å². The molecule has 2 amide bonds. The van der Waals surface area contributed by atoms with Crippen molar-refractivity contribution < 1.29 is 14.0 Å². The smallest absolute Gasteiger partial charge is 0.253 e. The molecule has 1 aromatic carbocycles. The van der Waals surface area contributed by atoms with Crippen LogP contribution in [-0.2, 0) is 4.79 Å². The van der Waals surface area contributed by atoms with Crippen LogP contribution in [0.3, 0.4) is 0 Å². The Balaban J connectivity index is 1.62. The van der Waals surface area contributed by atoms with E-state index in [0.29, 0.717) is 31.1 Å². The maximum Gasteiger partial charge on any atom is 0.253 e. The quantitative estimate of drug-likeness (QED) is 0.911. The summed E-state index contributed by atoms with van der Waals surface area (Å²) in [6, 6.07) is 5.57. The highest BCUT2D eigenvalue weighted by atomic mass is 19.1. The fourth-order valence-corrected chi connectivity index (χ4v) is 3.62. The van der Waals surface area contributed by atoms with E-state index in [1.807, 2.05) is 4.90 Å². The van der Waals surface area contributed by atoms with Crippen molar-refractivity contribution in [2.45, 2.75) is 19.3 Å². The van der Waals surface area contributed by atoms with E-state index < -0.39 is 0 Å². The summed E-state index contributed by atoms with van der Waals surface area (Å²) in [4.78, 5) is 28.9.